The maximum Gasteiger partial charge on any atom is 0.305 e. The second-order valence-electron chi connectivity index (χ2n) is 6.13. The molecule has 1 aliphatic heterocycles. The van der Waals surface area contributed by atoms with Gasteiger partial charge in [0, 0.05) is 6.54 Å². The van der Waals surface area contributed by atoms with Gasteiger partial charge in [0.25, 0.3) is 0 Å². The summed E-state index contributed by atoms with van der Waals surface area (Å²) in [6.07, 6.45) is 3.76. The Balaban J connectivity index is 2.00. The monoisotopic (exact) mass is 376 g/mol. The summed E-state index contributed by atoms with van der Waals surface area (Å²) in [7, 11) is 2.09. The number of amidine groups is 1. The predicted octanol–water partition coefficient (Wildman–Crippen LogP) is 2.31. The van der Waals surface area contributed by atoms with Crippen LogP contribution in [0.1, 0.15) is 37.3 Å². The third kappa shape index (κ3) is 6.27. The zero-order chi connectivity index (χ0) is 18.9. The molecule has 2 rings (SSSR count). The van der Waals surface area contributed by atoms with Crippen molar-refractivity contribution in [3.05, 3.63) is 35.4 Å². The quantitative estimate of drug-likeness (QED) is 0.509. The molecular formula is C18H24N4O3S. The lowest BCUT2D eigenvalue weighted by atomic mass is 10.1. The molecule has 8 heteroatoms. The molecule has 1 amide bonds. The van der Waals surface area contributed by atoms with Gasteiger partial charge in [-0.3, -0.25) is 9.59 Å². The summed E-state index contributed by atoms with van der Waals surface area (Å²) in [5, 5.41) is 19.1. The minimum absolute atomic E-state index is 0.230. The van der Waals surface area contributed by atoms with Gasteiger partial charge in [0.2, 0.25) is 5.91 Å². The molecule has 1 unspecified atom stereocenters. The van der Waals surface area contributed by atoms with E-state index in [0.29, 0.717) is 5.17 Å². The average Bonchev–Trinajstić information content (AvgIpc) is 2.93. The zero-order valence-corrected chi connectivity index (χ0v) is 15.8. The third-order valence-electron chi connectivity index (χ3n) is 3.87. The molecule has 1 fully saturated rings. The lowest BCUT2D eigenvalue weighted by Gasteiger charge is -2.17. The second-order valence-corrected chi connectivity index (χ2v) is 7.32. The fraction of sp³-hybridized carbons (Fsp3) is 0.444. The molecule has 0 radical (unpaired) electrons. The van der Waals surface area contributed by atoms with E-state index in [2.05, 4.69) is 40.5 Å². The average molecular weight is 376 g/mol. The van der Waals surface area contributed by atoms with Gasteiger partial charge in [0.15, 0.2) is 5.17 Å². The van der Waals surface area contributed by atoms with Crippen molar-refractivity contribution >= 4 is 35.0 Å². The molecule has 0 aliphatic carbocycles. The Morgan fingerprint density at radius 1 is 1.42 bits per heavy atom. The number of nitrogens with one attached hydrogen (secondary N) is 1. The summed E-state index contributed by atoms with van der Waals surface area (Å²) in [6, 6.07) is 7.97. The van der Waals surface area contributed by atoms with Crippen molar-refractivity contribution < 1.29 is 14.7 Å². The number of thioether (sulfide) groups is 1. The minimum Gasteiger partial charge on any atom is -0.481 e. The molecule has 7 nitrogen and oxygen atoms in total. The van der Waals surface area contributed by atoms with Gasteiger partial charge in [0.05, 0.1) is 12.6 Å². The van der Waals surface area contributed by atoms with Crippen LogP contribution in [-0.2, 0) is 16.1 Å². The van der Waals surface area contributed by atoms with E-state index in [1.54, 1.807) is 6.21 Å². The molecule has 140 valence electrons. The summed E-state index contributed by atoms with van der Waals surface area (Å²) in [6.45, 7) is 4.04. The molecule has 2 N–H and O–H groups in total. The van der Waals surface area contributed by atoms with Gasteiger partial charge in [-0.05, 0) is 31.1 Å². The molecule has 0 aromatic heterocycles. The van der Waals surface area contributed by atoms with E-state index in [0.717, 1.165) is 48.8 Å². The first-order valence-corrected chi connectivity index (χ1v) is 9.44. The number of carbonyl (C=O) groups excluding carboxylic acids is 1. The summed E-state index contributed by atoms with van der Waals surface area (Å²) < 4.78 is 0. The van der Waals surface area contributed by atoms with Crippen LogP contribution in [0, 0.1) is 0 Å². The summed E-state index contributed by atoms with van der Waals surface area (Å²) in [4.78, 5) is 24.7. The Morgan fingerprint density at radius 2 is 2.19 bits per heavy atom. The summed E-state index contributed by atoms with van der Waals surface area (Å²) in [5.41, 5.74) is 2.12. The number of nitrogens with zero attached hydrogens (tertiary/aromatic N) is 3. The Bertz CT molecular complexity index is 705. The number of amides is 1. The molecule has 1 aromatic carbocycles. The zero-order valence-electron chi connectivity index (χ0n) is 15.0. The standard InChI is InChI=1S/C18H24N4O3S/c1-3-4-9-22(2)12-14-8-6-5-7-13(14)11-19-21-18-20-17(25)15(26-18)10-16(23)24/h5-8,11,15H,3-4,9-10,12H2,1-2H3,(H,23,24)(H,20,21,25). The second kappa shape index (κ2) is 10.1. The Morgan fingerprint density at radius 3 is 2.92 bits per heavy atom. The van der Waals surface area contributed by atoms with Crippen molar-refractivity contribution in [1.82, 2.24) is 10.2 Å². The van der Waals surface area contributed by atoms with Crippen molar-refractivity contribution in [1.29, 1.82) is 0 Å². The van der Waals surface area contributed by atoms with Crippen LogP contribution in [-0.4, -0.2) is 52.1 Å². The van der Waals surface area contributed by atoms with E-state index in [-0.39, 0.29) is 12.3 Å². The molecule has 1 atom stereocenters. The van der Waals surface area contributed by atoms with Gasteiger partial charge >= 0.3 is 5.97 Å². The highest BCUT2D eigenvalue weighted by atomic mass is 32.2. The van der Waals surface area contributed by atoms with Crippen LogP contribution in [0.25, 0.3) is 0 Å². The number of hydrogen-bond acceptors (Lipinski definition) is 6. The number of carboxylic acid groups (broad SMARTS) is 1. The third-order valence-corrected chi connectivity index (χ3v) is 4.94. The number of carboxylic acids is 1. The van der Waals surface area contributed by atoms with Crippen LogP contribution < -0.4 is 5.32 Å². The van der Waals surface area contributed by atoms with Crippen molar-refractivity contribution in [3.63, 3.8) is 0 Å². The predicted molar refractivity (Wildman–Crippen MR) is 104 cm³/mol. The molecule has 0 saturated carbocycles. The number of benzene rings is 1. The SMILES string of the molecule is CCCCN(C)Cc1ccccc1C=NN=C1NC(=O)C(CC(=O)O)S1. The fourth-order valence-corrected chi connectivity index (χ4v) is 3.41. The van der Waals surface area contributed by atoms with Crippen molar-refractivity contribution in [2.75, 3.05) is 13.6 Å². The minimum atomic E-state index is -1.01. The first kappa shape index (κ1) is 20.1. The van der Waals surface area contributed by atoms with Crippen LogP contribution in [0.2, 0.25) is 0 Å². The number of carbonyl (C=O) groups is 2. The maximum absolute atomic E-state index is 11.7. The van der Waals surface area contributed by atoms with Crippen molar-refractivity contribution in [3.8, 4) is 0 Å². The molecule has 1 aliphatic rings. The van der Waals surface area contributed by atoms with Gasteiger partial charge in [-0.25, -0.2) is 0 Å². The van der Waals surface area contributed by atoms with Gasteiger partial charge in [-0.2, -0.15) is 5.10 Å². The van der Waals surface area contributed by atoms with Crippen LogP contribution in [0.5, 0.6) is 0 Å². The highest BCUT2D eigenvalue weighted by Gasteiger charge is 2.32. The first-order chi connectivity index (χ1) is 12.5. The molecule has 26 heavy (non-hydrogen) atoms. The summed E-state index contributed by atoms with van der Waals surface area (Å²) >= 11 is 1.09. The molecule has 1 saturated heterocycles. The van der Waals surface area contributed by atoms with E-state index < -0.39 is 11.2 Å². The van der Waals surface area contributed by atoms with E-state index in [9.17, 15) is 9.59 Å². The highest BCUT2D eigenvalue weighted by Crippen LogP contribution is 2.22. The van der Waals surface area contributed by atoms with E-state index in [1.807, 2.05) is 18.2 Å². The van der Waals surface area contributed by atoms with Gasteiger partial charge in [0.1, 0.15) is 5.25 Å². The maximum atomic E-state index is 11.7. The molecule has 1 aromatic rings. The van der Waals surface area contributed by atoms with E-state index in [4.69, 9.17) is 5.11 Å². The number of hydrogen-bond donors (Lipinski definition) is 2. The van der Waals surface area contributed by atoms with Gasteiger partial charge in [-0.15, -0.1) is 5.10 Å². The Kier molecular flexibility index (Phi) is 7.80. The van der Waals surface area contributed by atoms with Gasteiger partial charge in [-0.1, -0.05) is 49.4 Å². The van der Waals surface area contributed by atoms with E-state index in [1.165, 1.54) is 0 Å². The number of unbranched alkanes of at least 4 members (excludes halogenated alkanes) is 1. The smallest absolute Gasteiger partial charge is 0.305 e. The van der Waals surface area contributed by atoms with Crippen LogP contribution in [0.3, 0.4) is 0 Å². The largest absolute Gasteiger partial charge is 0.481 e. The van der Waals surface area contributed by atoms with Crippen molar-refractivity contribution in [2.45, 2.75) is 38.0 Å². The van der Waals surface area contributed by atoms with E-state index >= 15 is 0 Å². The molecule has 1 heterocycles. The molecule has 0 spiro atoms. The highest BCUT2D eigenvalue weighted by molar-refractivity contribution is 8.15. The van der Waals surface area contributed by atoms with Crippen molar-refractivity contribution in [2.24, 2.45) is 10.2 Å². The number of aliphatic carboxylic acids is 1. The number of rotatable bonds is 9. The lowest BCUT2D eigenvalue weighted by Crippen LogP contribution is -2.26. The molecular weight excluding hydrogens is 352 g/mol. The van der Waals surface area contributed by atoms with Crippen LogP contribution in [0.4, 0.5) is 0 Å². The van der Waals surface area contributed by atoms with Crippen LogP contribution in [0.15, 0.2) is 34.5 Å². The van der Waals surface area contributed by atoms with Crippen LogP contribution >= 0.6 is 11.8 Å². The topological polar surface area (TPSA) is 94.4 Å². The fourth-order valence-electron chi connectivity index (χ4n) is 2.49. The Labute approximate surface area is 157 Å². The lowest BCUT2D eigenvalue weighted by molar-refractivity contribution is -0.138. The van der Waals surface area contributed by atoms with Gasteiger partial charge < -0.3 is 15.3 Å². The molecule has 0 bridgehead atoms. The Hall–Kier alpha value is -2.19. The normalized spacial score (nSPS) is 18.8. The first-order valence-electron chi connectivity index (χ1n) is 8.56. The summed E-state index contributed by atoms with van der Waals surface area (Å²) in [5.74, 6) is -1.35.